The van der Waals surface area contributed by atoms with Crippen molar-refractivity contribution >= 4 is 28.4 Å². The summed E-state index contributed by atoms with van der Waals surface area (Å²) < 4.78 is 2.14. The largest absolute Gasteiger partial charge is 0.369 e. The minimum absolute atomic E-state index is 0.0635. The fraction of sp³-hybridized carbons (Fsp3) is 0.174. The number of carbonyl (C=O) groups is 1. The van der Waals surface area contributed by atoms with Crippen molar-refractivity contribution in [2.24, 2.45) is 0 Å². The highest BCUT2D eigenvalue weighted by Crippen LogP contribution is 2.21. The number of anilines is 2. The van der Waals surface area contributed by atoms with Crippen LogP contribution in [-0.2, 0) is 17.8 Å². The second-order valence-electron chi connectivity index (χ2n) is 6.94. The summed E-state index contributed by atoms with van der Waals surface area (Å²) in [5, 5.41) is 7.22. The fourth-order valence-corrected chi connectivity index (χ4v) is 3.34. The van der Waals surface area contributed by atoms with Gasteiger partial charge in [0.05, 0.1) is 5.39 Å². The molecule has 4 rings (SSSR count). The van der Waals surface area contributed by atoms with Crippen LogP contribution in [0, 0.1) is 0 Å². The number of benzene rings is 2. The molecule has 0 atom stereocenters. The zero-order valence-corrected chi connectivity index (χ0v) is 16.3. The van der Waals surface area contributed by atoms with Gasteiger partial charge in [-0.2, -0.15) is 0 Å². The van der Waals surface area contributed by atoms with E-state index in [-0.39, 0.29) is 5.91 Å². The van der Waals surface area contributed by atoms with Gasteiger partial charge in [0.15, 0.2) is 0 Å². The number of nitrogens with zero attached hydrogens (tertiary/aromatic N) is 3. The first-order valence-electron chi connectivity index (χ1n) is 9.63. The van der Waals surface area contributed by atoms with Gasteiger partial charge in [-0.15, -0.1) is 0 Å². The van der Waals surface area contributed by atoms with Crippen LogP contribution < -0.4 is 10.6 Å². The number of nitrogens with one attached hydrogen (secondary N) is 2. The Hall–Kier alpha value is -3.67. The van der Waals surface area contributed by atoms with Crippen LogP contribution >= 0.6 is 0 Å². The Morgan fingerprint density at radius 1 is 0.966 bits per heavy atom. The second kappa shape index (κ2) is 8.56. The molecule has 2 aromatic carbocycles. The van der Waals surface area contributed by atoms with Crippen molar-refractivity contribution in [2.45, 2.75) is 19.9 Å². The summed E-state index contributed by atoms with van der Waals surface area (Å²) in [6.07, 6.45) is 4.52. The van der Waals surface area contributed by atoms with E-state index in [1.54, 1.807) is 6.33 Å². The molecular formula is C23H23N5O. The van der Waals surface area contributed by atoms with E-state index in [1.165, 1.54) is 18.1 Å². The van der Waals surface area contributed by atoms with E-state index >= 15 is 0 Å². The van der Waals surface area contributed by atoms with Crippen LogP contribution in [0.1, 0.15) is 18.1 Å². The van der Waals surface area contributed by atoms with Crippen LogP contribution in [-0.4, -0.2) is 27.0 Å². The molecule has 0 saturated carbocycles. The Morgan fingerprint density at radius 3 is 2.52 bits per heavy atom. The highest BCUT2D eigenvalue weighted by molar-refractivity contribution is 5.88. The summed E-state index contributed by atoms with van der Waals surface area (Å²) in [6.45, 7) is 3.05. The van der Waals surface area contributed by atoms with E-state index in [1.807, 2.05) is 42.5 Å². The Bertz CT molecular complexity index is 1100. The van der Waals surface area contributed by atoms with Gasteiger partial charge in [0, 0.05) is 31.9 Å². The van der Waals surface area contributed by atoms with Crippen LogP contribution in [0.25, 0.3) is 11.0 Å². The molecule has 1 amide bonds. The molecule has 0 bridgehead atoms. The van der Waals surface area contributed by atoms with Crippen LogP contribution in [0.4, 0.5) is 11.5 Å². The summed E-state index contributed by atoms with van der Waals surface area (Å²) >= 11 is 0. The van der Waals surface area contributed by atoms with Gasteiger partial charge in [0.25, 0.3) is 0 Å². The summed E-state index contributed by atoms with van der Waals surface area (Å²) in [6, 6.07) is 20.3. The molecule has 0 aliphatic rings. The lowest BCUT2D eigenvalue weighted by Crippen LogP contribution is -2.08. The number of aromatic nitrogens is 3. The van der Waals surface area contributed by atoms with Crippen molar-refractivity contribution in [3.05, 3.63) is 84.3 Å². The van der Waals surface area contributed by atoms with E-state index in [9.17, 15) is 4.79 Å². The highest BCUT2D eigenvalue weighted by atomic mass is 16.1. The molecule has 2 heterocycles. The molecule has 0 aliphatic carbocycles. The summed E-state index contributed by atoms with van der Waals surface area (Å²) in [7, 11) is 0. The van der Waals surface area contributed by atoms with Gasteiger partial charge in [-0.1, -0.05) is 42.5 Å². The van der Waals surface area contributed by atoms with E-state index in [2.05, 4.69) is 49.6 Å². The summed E-state index contributed by atoms with van der Waals surface area (Å²) in [4.78, 5) is 20.0. The lowest BCUT2D eigenvalue weighted by atomic mass is 10.1. The van der Waals surface area contributed by atoms with Gasteiger partial charge in [-0.3, -0.25) is 4.79 Å². The Kier molecular flexibility index (Phi) is 5.52. The van der Waals surface area contributed by atoms with Gasteiger partial charge < -0.3 is 15.2 Å². The highest BCUT2D eigenvalue weighted by Gasteiger charge is 2.08. The fourth-order valence-electron chi connectivity index (χ4n) is 3.34. The first-order valence-corrected chi connectivity index (χ1v) is 9.63. The van der Waals surface area contributed by atoms with E-state index in [0.29, 0.717) is 0 Å². The van der Waals surface area contributed by atoms with Crippen molar-refractivity contribution < 1.29 is 4.79 Å². The van der Waals surface area contributed by atoms with Gasteiger partial charge in [0.2, 0.25) is 5.91 Å². The minimum atomic E-state index is -0.0635. The Labute approximate surface area is 169 Å². The van der Waals surface area contributed by atoms with Crippen molar-refractivity contribution in [2.75, 3.05) is 17.2 Å². The van der Waals surface area contributed by atoms with Crippen molar-refractivity contribution in [3.8, 4) is 0 Å². The standard InChI is InChI=1S/C23H23N5O/c1-17(29)27-20-9-7-18(8-10-20)11-13-24-22-21-12-14-28(23(21)26-16-25-22)15-19-5-3-2-4-6-19/h2-10,12,14,16H,11,13,15H2,1H3,(H,27,29)(H,24,25,26). The van der Waals surface area contributed by atoms with Gasteiger partial charge in [-0.25, -0.2) is 9.97 Å². The normalized spacial score (nSPS) is 10.8. The lowest BCUT2D eigenvalue weighted by Gasteiger charge is -2.09. The van der Waals surface area contributed by atoms with Crippen molar-refractivity contribution in [3.63, 3.8) is 0 Å². The second-order valence-corrected chi connectivity index (χ2v) is 6.94. The molecule has 0 fully saturated rings. The number of hydrogen-bond acceptors (Lipinski definition) is 4. The van der Waals surface area contributed by atoms with Gasteiger partial charge >= 0.3 is 0 Å². The van der Waals surface area contributed by atoms with E-state index in [4.69, 9.17) is 0 Å². The topological polar surface area (TPSA) is 71.8 Å². The summed E-state index contributed by atoms with van der Waals surface area (Å²) in [5.74, 6) is 0.781. The predicted molar refractivity (Wildman–Crippen MR) is 116 cm³/mol. The number of carbonyl (C=O) groups excluding carboxylic acids is 1. The molecule has 6 heteroatoms. The molecule has 0 spiro atoms. The summed E-state index contributed by atoms with van der Waals surface area (Å²) in [5.41, 5.74) is 4.16. The first-order chi connectivity index (χ1) is 14.2. The zero-order chi connectivity index (χ0) is 20.1. The molecule has 6 nitrogen and oxygen atoms in total. The molecule has 2 aromatic heterocycles. The van der Waals surface area contributed by atoms with Gasteiger partial charge in [0.1, 0.15) is 17.8 Å². The predicted octanol–water partition coefficient (Wildman–Crippen LogP) is 4.09. The van der Waals surface area contributed by atoms with Gasteiger partial charge in [-0.05, 0) is 35.7 Å². The number of hydrogen-bond donors (Lipinski definition) is 2. The number of rotatable bonds is 7. The van der Waals surface area contributed by atoms with E-state index < -0.39 is 0 Å². The van der Waals surface area contributed by atoms with Crippen LogP contribution in [0.3, 0.4) is 0 Å². The third kappa shape index (κ3) is 4.60. The van der Waals surface area contributed by atoms with Crippen molar-refractivity contribution in [1.82, 2.24) is 14.5 Å². The molecule has 29 heavy (non-hydrogen) atoms. The third-order valence-electron chi connectivity index (χ3n) is 4.73. The molecule has 0 saturated heterocycles. The molecular weight excluding hydrogens is 362 g/mol. The maximum Gasteiger partial charge on any atom is 0.221 e. The van der Waals surface area contributed by atoms with Crippen molar-refractivity contribution in [1.29, 1.82) is 0 Å². The first kappa shape index (κ1) is 18.7. The SMILES string of the molecule is CC(=O)Nc1ccc(CCNc2ncnc3c2ccn3Cc2ccccc2)cc1. The van der Waals surface area contributed by atoms with Crippen LogP contribution in [0.2, 0.25) is 0 Å². The average molecular weight is 385 g/mol. The molecule has 0 aliphatic heterocycles. The number of amides is 1. The third-order valence-corrected chi connectivity index (χ3v) is 4.73. The zero-order valence-electron chi connectivity index (χ0n) is 16.3. The lowest BCUT2D eigenvalue weighted by molar-refractivity contribution is -0.114. The maximum absolute atomic E-state index is 11.1. The molecule has 4 aromatic rings. The number of fused-ring (bicyclic) bond motifs is 1. The molecule has 2 N–H and O–H groups in total. The molecule has 0 radical (unpaired) electrons. The minimum Gasteiger partial charge on any atom is -0.369 e. The maximum atomic E-state index is 11.1. The van der Waals surface area contributed by atoms with Crippen LogP contribution in [0.15, 0.2) is 73.2 Å². The van der Waals surface area contributed by atoms with E-state index in [0.717, 1.165) is 42.0 Å². The smallest absolute Gasteiger partial charge is 0.221 e. The average Bonchev–Trinajstić information content (AvgIpc) is 3.13. The quantitative estimate of drug-likeness (QED) is 0.503. The Balaban J connectivity index is 1.41. The monoisotopic (exact) mass is 385 g/mol. The van der Waals surface area contributed by atoms with Crippen LogP contribution in [0.5, 0.6) is 0 Å². The molecule has 146 valence electrons. The molecule has 0 unspecified atom stereocenters. The Morgan fingerprint density at radius 2 is 1.76 bits per heavy atom.